The number of nitrogens with one attached hydrogen (secondary N) is 1. The summed E-state index contributed by atoms with van der Waals surface area (Å²) in [7, 11) is -3.82. The molecule has 0 saturated carbocycles. The average molecular weight is 1370 g/mol. The molecule has 3 N–H and O–H groups in total. The van der Waals surface area contributed by atoms with Gasteiger partial charge in [0.2, 0.25) is 39.2 Å². The summed E-state index contributed by atoms with van der Waals surface area (Å²) in [5.74, 6) is -12.2. The molecular weight excluding hydrogens is 1290 g/mol. The number of aliphatic imine (C=N–C) groups is 1. The minimum atomic E-state index is -3.82. The van der Waals surface area contributed by atoms with Gasteiger partial charge in [-0.25, -0.2) is 27.3 Å². The first-order chi connectivity index (χ1) is 45.4. The molecule has 3 heterocycles. The molecule has 3 aliphatic rings. The van der Waals surface area contributed by atoms with Crippen LogP contribution in [0.2, 0.25) is 0 Å². The molecule has 0 aliphatic carbocycles. The van der Waals surface area contributed by atoms with E-state index in [1.165, 1.54) is 9.37 Å². The van der Waals surface area contributed by atoms with Gasteiger partial charge in [0, 0.05) is 68.7 Å². The van der Waals surface area contributed by atoms with E-state index < -0.39 is 67.4 Å². The number of ether oxygens (including phenoxy) is 11. The Morgan fingerprint density at radius 1 is 0.681 bits per heavy atom. The van der Waals surface area contributed by atoms with Crippen LogP contribution in [-0.4, -0.2) is 239 Å². The molecule has 0 aromatic heterocycles. The number of sulfonamides is 1. The number of hydroxylamine groups is 2. The van der Waals surface area contributed by atoms with Crippen molar-refractivity contribution < 1.29 is 111 Å². The highest BCUT2D eigenvalue weighted by molar-refractivity contribution is 7.89. The second-order valence-electron chi connectivity index (χ2n) is 21.4. The van der Waals surface area contributed by atoms with Gasteiger partial charge in [-0.1, -0.05) is 31.2 Å². The van der Waals surface area contributed by atoms with E-state index in [-0.39, 0.29) is 106 Å². The van der Waals surface area contributed by atoms with E-state index in [0.29, 0.717) is 161 Å². The van der Waals surface area contributed by atoms with Crippen LogP contribution in [0.3, 0.4) is 0 Å². The molecule has 3 amide bonds. The van der Waals surface area contributed by atoms with Crippen molar-refractivity contribution in [1.29, 1.82) is 0 Å². The number of amidine groups is 1. The number of hydrogen-bond acceptors (Lipinski definition) is 22. The third-order valence-corrected chi connectivity index (χ3v) is 17.1. The van der Waals surface area contributed by atoms with Crippen molar-refractivity contribution in [2.24, 2.45) is 22.6 Å². The lowest BCUT2D eigenvalue weighted by molar-refractivity contribution is -0.180. The van der Waals surface area contributed by atoms with Crippen LogP contribution < -0.4 is 15.8 Å². The van der Waals surface area contributed by atoms with Gasteiger partial charge in [0.05, 0.1) is 162 Å². The third-order valence-electron chi connectivity index (χ3n) is 14.5. The monoisotopic (exact) mass is 1370 g/mol. The summed E-state index contributed by atoms with van der Waals surface area (Å²) in [6.45, 7) is 12.2. The molecule has 524 valence electrons. The fourth-order valence-electron chi connectivity index (χ4n) is 9.61. The summed E-state index contributed by atoms with van der Waals surface area (Å²) in [5.41, 5.74) is 9.41. The highest BCUT2D eigenvalue weighted by Crippen LogP contribution is 2.35. The minimum Gasteiger partial charge on any atom is -0.768 e. The molecule has 3 aromatic rings. The van der Waals surface area contributed by atoms with Gasteiger partial charge in [0.25, 0.3) is 5.91 Å². The molecule has 1 atom stereocenters. The molecule has 1 unspecified atom stereocenters. The number of nitrogens with zero attached hydrogens (tertiary/aromatic N) is 4. The van der Waals surface area contributed by atoms with Crippen molar-refractivity contribution in [2.45, 2.75) is 62.2 Å². The average Bonchev–Trinajstić information content (AvgIpc) is 0.850. The van der Waals surface area contributed by atoms with Crippen LogP contribution in [-0.2, 0) is 92.5 Å². The van der Waals surface area contributed by atoms with E-state index in [1.54, 1.807) is 29.2 Å². The molecule has 0 radical (unpaired) electrons. The van der Waals surface area contributed by atoms with Gasteiger partial charge >= 0.3 is 5.97 Å². The molecule has 26 nitrogen and oxygen atoms in total. The van der Waals surface area contributed by atoms with Crippen molar-refractivity contribution in [1.82, 2.24) is 19.6 Å². The number of amides is 3. The van der Waals surface area contributed by atoms with Crippen molar-refractivity contribution >= 4 is 62.4 Å². The fourth-order valence-corrected chi connectivity index (χ4v) is 11.7. The number of halogens is 4. The van der Waals surface area contributed by atoms with Crippen molar-refractivity contribution in [3.8, 4) is 16.9 Å². The summed E-state index contributed by atoms with van der Waals surface area (Å²) in [5, 5.41) is 4.36. The smallest absolute Gasteiger partial charge is 0.313 e. The number of fused-ring (bicyclic) bond motifs is 1. The number of likely N-dealkylation sites (tertiary alicyclic amines) is 1. The van der Waals surface area contributed by atoms with Crippen molar-refractivity contribution in [3.05, 3.63) is 76.9 Å². The maximum Gasteiger partial charge on any atom is 0.313 e. The zero-order chi connectivity index (χ0) is 67.7. The standard InChI is InChI=1S/C62H86F4N6O20S2/c1-3-14-72(91-4-2)62(76)49-37-48-9-8-47(39-51(48)69-52(67)40-49)46-6-5-7-50(38-46)94(79,80)71-42-44(43-71)41-68-61(75)45-10-15-70(16-11-45)53(73)12-17-81-19-21-83-23-25-85-27-29-87-31-33-89-35-36-90-34-32-88-30-28-86-26-24-84-22-20-82-18-13-54(74)92-59-55(63)57(65)60(93(77)78)58(66)56(59)64/h5-9,37-39,44-45H,3-4,10-36,40-43H2,1-2H3,(H2,67,69)(H,68,75)(H,77,78)/p-1. The summed E-state index contributed by atoms with van der Waals surface area (Å²) < 4.78 is 165. The van der Waals surface area contributed by atoms with Gasteiger partial charge < -0.3 is 72.6 Å². The van der Waals surface area contributed by atoms with Crippen LogP contribution >= 0.6 is 0 Å². The van der Waals surface area contributed by atoms with E-state index in [9.17, 15) is 53.9 Å². The predicted molar refractivity (Wildman–Crippen MR) is 330 cm³/mol. The molecule has 32 heteroatoms. The highest BCUT2D eigenvalue weighted by atomic mass is 32.2. The molecule has 2 saturated heterocycles. The molecular formula is C62H85F4N6O20S2-. The van der Waals surface area contributed by atoms with Gasteiger partial charge in [0.15, 0.2) is 11.6 Å². The number of hydrogen-bond donors (Lipinski definition) is 2. The highest BCUT2D eigenvalue weighted by Gasteiger charge is 2.38. The van der Waals surface area contributed by atoms with Crippen LogP contribution in [0, 0.1) is 35.1 Å². The van der Waals surface area contributed by atoms with Crippen molar-refractivity contribution in [3.63, 3.8) is 0 Å². The van der Waals surface area contributed by atoms with E-state index in [0.717, 1.165) is 12.0 Å². The second kappa shape index (κ2) is 41.9. The van der Waals surface area contributed by atoms with Crippen LogP contribution in [0.1, 0.15) is 57.9 Å². The van der Waals surface area contributed by atoms with Gasteiger partial charge in [-0.2, -0.15) is 13.1 Å². The number of rotatable bonds is 46. The van der Waals surface area contributed by atoms with Crippen LogP contribution in [0.25, 0.3) is 17.2 Å². The zero-order valence-corrected chi connectivity index (χ0v) is 54.6. The lowest BCUT2D eigenvalue weighted by Crippen LogP contribution is -2.54. The summed E-state index contributed by atoms with van der Waals surface area (Å²) in [6, 6.07) is 12.2. The summed E-state index contributed by atoms with van der Waals surface area (Å²) in [4.78, 5) is 61.4. The second-order valence-corrected chi connectivity index (χ2v) is 24.2. The predicted octanol–water partition coefficient (Wildman–Crippen LogP) is 4.64. The molecule has 94 heavy (non-hydrogen) atoms. The van der Waals surface area contributed by atoms with Crippen LogP contribution in [0.15, 0.2) is 62.8 Å². The van der Waals surface area contributed by atoms with Gasteiger partial charge in [-0.05, 0) is 72.7 Å². The van der Waals surface area contributed by atoms with E-state index in [2.05, 4.69) is 15.0 Å². The Morgan fingerprint density at radius 2 is 1.17 bits per heavy atom. The molecule has 0 bridgehead atoms. The first-order valence-corrected chi connectivity index (χ1v) is 33.7. The Hall–Kier alpha value is -5.95. The van der Waals surface area contributed by atoms with E-state index >= 15 is 0 Å². The SMILES string of the molecule is CCCN(OCC)C(=O)C1=Cc2ccc(-c3cccc(S(=O)(=O)N4CC(CNC(=O)C5CCN(C(=O)CCOCCOCCOCCOCCOCCOCCOCCOCCOCCOCCC(=O)Oc6c(F)c(F)c(S(=O)[O-])c(F)c6F)CC5)C4)c3)cc2N=C(N)C1. The van der Waals surface area contributed by atoms with Crippen LogP contribution in [0.5, 0.6) is 5.75 Å². The molecule has 3 aliphatic heterocycles. The number of nitrogens with two attached hydrogens (primary N) is 1. The maximum atomic E-state index is 14.0. The number of esters is 1. The quantitative estimate of drug-likeness (QED) is 0.0148. The lowest BCUT2D eigenvalue weighted by atomic mass is 9.95. The maximum absolute atomic E-state index is 14.0. The Kier molecular flexibility index (Phi) is 34.3. The van der Waals surface area contributed by atoms with Crippen LogP contribution in [0.4, 0.5) is 23.2 Å². The summed E-state index contributed by atoms with van der Waals surface area (Å²) >= 11 is -3.61. The largest absolute Gasteiger partial charge is 0.768 e. The number of carbonyl (C=O) groups excluding carboxylic acids is 4. The zero-order valence-electron chi connectivity index (χ0n) is 53.0. The Morgan fingerprint density at radius 3 is 1.66 bits per heavy atom. The Balaban J connectivity index is 0.668. The minimum absolute atomic E-state index is 0.0377. The molecule has 3 aromatic carbocycles. The van der Waals surface area contributed by atoms with Gasteiger partial charge in [-0.15, -0.1) is 0 Å². The summed E-state index contributed by atoms with van der Waals surface area (Å²) in [6.07, 6.45) is 3.40. The Labute approximate surface area is 547 Å². The first-order valence-electron chi connectivity index (χ1n) is 31.1. The Bertz CT molecular complexity index is 3070. The number of benzene rings is 3. The normalized spacial score (nSPS) is 15.0. The van der Waals surface area contributed by atoms with Crippen molar-refractivity contribution in [2.75, 3.05) is 178 Å². The number of carbonyl (C=O) groups is 4. The van der Waals surface area contributed by atoms with Gasteiger partial charge in [-0.3, -0.25) is 28.2 Å². The topological polar surface area (TPSA) is 313 Å². The van der Waals surface area contributed by atoms with E-state index in [1.807, 2.05) is 38.1 Å². The van der Waals surface area contributed by atoms with E-state index in [4.69, 9.17) is 57.9 Å². The third kappa shape index (κ3) is 25.2. The molecule has 0 spiro atoms. The number of piperidine rings is 1. The lowest BCUT2D eigenvalue weighted by Gasteiger charge is -2.38. The first kappa shape index (κ1) is 77.1. The fraction of sp³-hybridized carbons (Fsp3) is 0.597. The van der Waals surface area contributed by atoms with Gasteiger partial charge in [0.1, 0.15) is 10.7 Å². The molecule has 6 rings (SSSR count). The molecule has 2 fully saturated rings.